The van der Waals surface area contributed by atoms with Crippen LogP contribution in [0.1, 0.15) is 21.4 Å². The van der Waals surface area contributed by atoms with Crippen molar-refractivity contribution in [3.05, 3.63) is 88.2 Å². The maximum Gasteiger partial charge on any atom is 0.190 e. The standard InChI is InChI=1S/C20H17NO2S2/c1-14-19(16-10-5-6-11-17(16)21-14)20(18-12-7-13-24-18)25(22,23)15-8-3-2-4-9-15/h2-13,20-21H,1H3. The molecule has 0 spiro atoms. The molecule has 126 valence electrons. The molecule has 0 aliphatic carbocycles. The summed E-state index contributed by atoms with van der Waals surface area (Å²) in [6.45, 7) is 1.94. The summed E-state index contributed by atoms with van der Waals surface area (Å²) in [5, 5.41) is 2.16. The third kappa shape index (κ3) is 2.69. The Hall–Kier alpha value is -2.37. The Kier molecular flexibility index (Phi) is 3.98. The number of thiophene rings is 1. The zero-order valence-corrected chi connectivity index (χ0v) is 15.3. The lowest BCUT2D eigenvalue weighted by Crippen LogP contribution is -2.15. The summed E-state index contributed by atoms with van der Waals surface area (Å²) >= 11 is 1.48. The average molecular weight is 367 g/mol. The van der Waals surface area contributed by atoms with Crippen molar-refractivity contribution in [1.29, 1.82) is 0 Å². The van der Waals surface area contributed by atoms with Gasteiger partial charge in [0, 0.05) is 27.0 Å². The number of para-hydroxylation sites is 1. The molecule has 0 aliphatic heterocycles. The summed E-state index contributed by atoms with van der Waals surface area (Å²) in [7, 11) is -3.57. The predicted molar refractivity (Wildman–Crippen MR) is 103 cm³/mol. The van der Waals surface area contributed by atoms with Crippen molar-refractivity contribution in [1.82, 2.24) is 4.98 Å². The second kappa shape index (κ2) is 6.17. The highest BCUT2D eigenvalue weighted by molar-refractivity contribution is 7.92. The topological polar surface area (TPSA) is 49.9 Å². The van der Waals surface area contributed by atoms with Crippen molar-refractivity contribution in [2.24, 2.45) is 0 Å². The van der Waals surface area contributed by atoms with Crippen molar-refractivity contribution >= 4 is 32.1 Å². The molecule has 4 rings (SSSR count). The Morgan fingerprint density at radius 1 is 0.920 bits per heavy atom. The quantitative estimate of drug-likeness (QED) is 0.545. The highest BCUT2D eigenvalue weighted by Crippen LogP contribution is 2.41. The first-order chi connectivity index (χ1) is 12.1. The smallest absolute Gasteiger partial charge is 0.190 e. The van der Waals surface area contributed by atoms with E-state index < -0.39 is 15.1 Å². The van der Waals surface area contributed by atoms with E-state index in [0.717, 1.165) is 27.0 Å². The Bertz CT molecular complexity index is 1110. The fourth-order valence-electron chi connectivity index (χ4n) is 3.27. The zero-order valence-electron chi connectivity index (χ0n) is 13.6. The van der Waals surface area contributed by atoms with Gasteiger partial charge in [0.1, 0.15) is 5.25 Å². The highest BCUT2D eigenvalue weighted by atomic mass is 32.2. The van der Waals surface area contributed by atoms with Crippen molar-refractivity contribution in [3.63, 3.8) is 0 Å². The van der Waals surface area contributed by atoms with Crippen molar-refractivity contribution in [3.8, 4) is 0 Å². The van der Waals surface area contributed by atoms with Gasteiger partial charge in [0.25, 0.3) is 0 Å². The minimum absolute atomic E-state index is 0.345. The number of H-pyrrole nitrogens is 1. The monoisotopic (exact) mass is 367 g/mol. The van der Waals surface area contributed by atoms with Crippen LogP contribution in [0.3, 0.4) is 0 Å². The minimum atomic E-state index is -3.57. The van der Waals surface area contributed by atoms with Crippen LogP contribution in [0.2, 0.25) is 0 Å². The summed E-state index contributed by atoms with van der Waals surface area (Å²) in [4.78, 5) is 4.51. The second-order valence-electron chi connectivity index (χ2n) is 5.96. The van der Waals surface area contributed by atoms with Gasteiger partial charge in [0.2, 0.25) is 0 Å². The average Bonchev–Trinajstić information content (AvgIpc) is 3.25. The number of hydrogen-bond donors (Lipinski definition) is 1. The fraction of sp³-hybridized carbons (Fsp3) is 0.100. The first-order valence-corrected chi connectivity index (χ1v) is 10.4. The van der Waals surface area contributed by atoms with E-state index in [1.165, 1.54) is 11.3 Å². The van der Waals surface area contributed by atoms with Gasteiger partial charge in [-0.05, 0) is 36.6 Å². The van der Waals surface area contributed by atoms with E-state index in [0.29, 0.717) is 4.90 Å². The lowest BCUT2D eigenvalue weighted by Gasteiger charge is -2.18. The number of fused-ring (bicyclic) bond motifs is 1. The molecule has 5 heteroatoms. The van der Waals surface area contributed by atoms with E-state index in [4.69, 9.17) is 0 Å². The van der Waals surface area contributed by atoms with Crippen LogP contribution >= 0.6 is 11.3 Å². The third-order valence-corrected chi connectivity index (χ3v) is 7.52. The van der Waals surface area contributed by atoms with Gasteiger partial charge in [-0.1, -0.05) is 42.5 Å². The highest BCUT2D eigenvalue weighted by Gasteiger charge is 2.34. The van der Waals surface area contributed by atoms with Crippen molar-refractivity contribution in [2.75, 3.05) is 0 Å². The molecule has 1 N–H and O–H groups in total. The van der Waals surface area contributed by atoms with E-state index in [1.54, 1.807) is 24.3 Å². The molecule has 0 amide bonds. The lowest BCUT2D eigenvalue weighted by molar-refractivity contribution is 0.589. The largest absolute Gasteiger partial charge is 0.358 e. The van der Waals surface area contributed by atoms with Crippen molar-refractivity contribution in [2.45, 2.75) is 17.1 Å². The van der Waals surface area contributed by atoms with Crippen LogP contribution in [0.25, 0.3) is 10.9 Å². The number of aryl methyl sites for hydroxylation is 1. The first-order valence-electron chi connectivity index (χ1n) is 7.98. The molecule has 2 aromatic carbocycles. The SMILES string of the molecule is Cc1[nH]c2ccccc2c1C(c1cccs1)S(=O)(=O)c1ccccc1. The Labute approximate surface area is 150 Å². The maximum absolute atomic E-state index is 13.5. The summed E-state index contributed by atoms with van der Waals surface area (Å²) in [6.07, 6.45) is 0. The molecule has 0 fully saturated rings. The number of sulfone groups is 1. The van der Waals surface area contributed by atoms with Crippen LogP contribution in [0, 0.1) is 6.92 Å². The third-order valence-electron chi connectivity index (χ3n) is 4.39. The molecule has 0 radical (unpaired) electrons. The molecule has 0 saturated heterocycles. The van der Waals surface area contributed by atoms with E-state index in [-0.39, 0.29) is 0 Å². The number of nitrogens with one attached hydrogen (secondary N) is 1. The molecule has 4 aromatic rings. The molecule has 25 heavy (non-hydrogen) atoms. The maximum atomic E-state index is 13.5. The number of benzene rings is 2. The molecular weight excluding hydrogens is 350 g/mol. The molecule has 3 nitrogen and oxygen atoms in total. The van der Waals surface area contributed by atoms with Crippen LogP contribution in [0.5, 0.6) is 0 Å². The van der Waals surface area contributed by atoms with Gasteiger partial charge in [0.15, 0.2) is 9.84 Å². The molecule has 1 atom stereocenters. The Morgan fingerprint density at radius 3 is 2.36 bits per heavy atom. The number of aromatic amines is 1. The van der Waals surface area contributed by atoms with Gasteiger partial charge in [0.05, 0.1) is 4.90 Å². The van der Waals surface area contributed by atoms with E-state index >= 15 is 0 Å². The minimum Gasteiger partial charge on any atom is -0.358 e. The summed E-state index contributed by atoms with van der Waals surface area (Å²) in [5.41, 5.74) is 2.68. The summed E-state index contributed by atoms with van der Waals surface area (Å²) in [5.74, 6) is 0. The number of aromatic nitrogens is 1. The van der Waals surface area contributed by atoms with Crippen LogP contribution in [-0.4, -0.2) is 13.4 Å². The van der Waals surface area contributed by atoms with Gasteiger partial charge < -0.3 is 4.98 Å². The normalized spacial score (nSPS) is 13.2. The van der Waals surface area contributed by atoms with Gasteiger partial charge in [-0.25, -0.2) is 8.42 Å². The van der Waals surface area contributed by atoms with Crippen LogP contribution in [0.4, 0.5) is 0 Å². The van der Waals surface area contributed by atoms with E-state index in [2.05, 4.69) is 4.98 Å². The lowest BCUT2D eigenvalue weighted by atomic mass is 10.1. The predicted octanol–water partition coefficient (Wildman–Crippen LogP) is 5.10. The molecule has 0 aliphatic rings. The zero-order chi connectivity index (χ0) is 17.4. The number of rotatable bonds is 4. The summed E-state index contributed by atoms with van der Waals surface area (Å²) in [6, 6.07) is 20.3. The molecular formula is C20H17NO2S2. The molecule has 0 saturated carbocycles. The van der Waals surface area contributed by atoms with E-state index in [9.17, 15) is 8.42 Å². The fourth-order valence-corrected chi connectivity index (χ4v) is 6.34. The van der Waals surface area contributed by atoms with Crippen LogP contribution in [-0.2, 0) is 9.84 Å². The van der Waals surface area contributed by atoms with Crippen molar-refractivity contribution < 1.29 is 8.42 Å². The van der Waals surface area contributed by atoms with Gasteiger partial charge >= 0.3 is 0 Å². The van der Waals surface area contributed by atoms with Gasteiger partial charge in [-0.3, -0.25) is 0 Å². The second-order valence-corrected chi connectivity index (χ2v) is 8.97. The Balaban J connectivity index is 2.02. The molecule has 0 bridgehead atoms. The molecule has 2 aromatic heterocycles. The molecule has 1 unspecified atom stereocenters. The van der Waals surface area contributed by atoms with Crippen LogP contribution < -0.4 is 0 Å². The van der Waals surface area contributed by atoms with Gasteiger partial charge in [-0.2, -0.15) is 0 Å². The van der Waals surface area contributed by atoms with E-state index in [1.807, 2.05) is 54.8 Å². The first kappa shape index (κ1) is 16.1. The number of hydrogen-bond acceptors (Lipinski definition) is 3. The molecule has 2 heterocycles. The summed E-state index contributed by atoms with van der Waals surface area (Å²) < 4.78 is 27.0. The van der Waals surface area contributed by atoms with Crippen LogP contribution in [0.15, 0.2) is 77.0 Å². The Morgan fingerprint density at radius 2 is 1.64 bits per heavy atom. The van der Waals surface area contributed by atoms with Gasteiger partial charge in [-0.15, -0.1) is 11.3 Å².